The predicted molar refractivity (Wildman–Crippen MR) is 125 cm³/mol. The molecule has 0 unspecified atom stereocenters. The van der Waals surface area contributed by atoms with Crippen LogP contribution < -0.4 is 10.5 Å². The van der Waals surface area contributed by atoms with Gasteiger partial charge in [-0.1, -0.05) is 55.3 Å². The number of aryl methyl sites for hydroxylation is 2. The number of rotatable bonds is 4. The molecule has 31 heavy (non-hydrogen) atoms. The molecule has 2 aromatic carbocycles. The highest BCUT2D eigenvalue weighted by Gasteiger charge is 2.32. The van der Waals surface area contributed by atoms with Gasteiger partial charge in [0.15, 0.2) is 0 Å². The molecule has 0 spiro atoms. The van der Waals surface area contributed by atoms with Crippen molar-refractivity contribution in [2.75, 3.05) is 11.6 Å². The van der Waals surface area contributed by atoms with Gasteiger partial charge in [0, 0.05) is 23.7 Å². The molecule has 0 saturated heterocycles. The highest BCUT2D eigenvalue weighted by molar-refractivity contribution is 5.59. The molecule has 1 aromatic heterocycles. The van der Waals surface area contributed by atoms with E-state index in [4.69, 9.17) is 4.98 Å². The molecule has 0 N–H and O–H groups in total. The van der Waals surface area contributed by atoms with Gasteiger partial charge in [-0.05, 0) is 49.9 Å². The van der Waals surface area contributed by atoms with Crippen molar-refractivity contribution in [1.82, 2.24) is 14.5 Å². The molecule has 5 heteroatoms. The van der Waals surface area contributed by atoms with E-state index in [1.54, 1.807) is 0 Å². The van der Waals surface area contributed by atoms with E-state index in [2.05, 4.69) is 53.1 Å². The second kappa shape index (κ2) is 8.31. The molecule has 1 aliphatic carbocycles. The van der Waals surface area contributed by atoms with E-state index in [9.17, 15) is 4.79 Å². The van der Waals surface area contributed by atoms with Crippen LogP contribution in [0.1, 0.15) is 48.1 Å². The highest BCUT2D eigenvalue weighted by Crippen LogP contribution is 2.32. The Bertz CT molecular complexity index is 1130. The fraction of sp³-hybridized carbons (Fsp3) is 0.385. The summed E-state index contributed by atoms with van der Waals surface area (Å²) in [5, 5.41) is 0. The van der Waals surface area contributed by atoms with Gasteiger partial charge in [-0.2, -0.15) is 0 Å². The zero-order valence-corrected chi connectivity index (χ0v) is 18.4. The Hall–Kier alpha value is -2.92. The first-order chi connectivity index (χ1) is 15.1. The summed E-state index contributed by atoms with van der Waals surface area (Å²) >= 11 is 0. The van der Waals surface area contributed by atoms with Gasteiger partial charge in [-0.25, -0.2) is 4.98 Å². The number of anilines is 2. The summed E-state index contributed by atoms with van der Waals surface area (Å²) < 4.78 is 1.90. The molecule has 5 rings (SSSR count). The standard InChI is InChI=1S/C26H30N4O/c1-19-9-8-14-23(15-19)29-17-28(22-12-6-7-13-22)18-30-25(31)24(20(2)27-26(29)30)16-21-10-4-3-5-11-21/h3-5,8-11,14-15,22H,6-7,12-13,16-18H2,1-2H3. The topological polar surface area (TPSA) is 41.4 Å². The molecule has 1 aliphatic heterocycles. The lowest BCUT2D eigenvalue weighted by Gasteiger charge is -2.41. The van der Waals surface area contributed by atoms with Gasteiger partial charge in [0.1, 0.15) is 0 Å². The normalized spacial score (nSPS) is 17.2. The molecule has 0 radical (unpaired) electrons. The average molecular weight is 415 g/mol. The summed E-state index contributed by atoms with van der Waals surface area (Å²) in [5.74, 6) is 0.763. The maximum absolute atomic E-state index is 13.7. The number of aromatic nitrogens is 2. The summed E-state index contributed by atoms with van der Waals surface area (Å²) in [7, 11) is 0. The van der Waals surface area contributed by atoms with Crippen LogP contribution in [0.2, 0.25) is 0 Å². The fourth-order valence-corrected chi connectivity index (χ4v) is 4.99. The summed E-state index contributed by atoms with van der Waals surface area (Å²) in [4.78, 5) is 23.4. The van der Waals surface area contributed by atoms with Crippen molar-refractivity contribution in [3.8, 4) is 0 Å². The Morgan fingerprint density at radius 1 is 0.968 bits per heavy atom. The number of hydrogen-bond acceptors (Lipinski definition) is 4. The number of nitrogens with zero attached hydrogens (tertiary/aromatic N) is 4. The summed E-state index contributed by atoms with van der Waals surface area (Å²) in [6.07, 6.45) is 5.59. The van der Waals surface area contributed by atoms with Gasteiger partial charge >= 0.3 is 0 Å². The van der Waals surface area contributed by atoms with E-state index in [0.29, 0.717) is 19.1 Å². The predicted octanol–water partition coefficient (Wildman–Crippen LogP) is 4.76. The smallest absolute Gasteiger partial charge is 0.259 e. The van der Waals surface area contributed by atoms with Crippen molar-refractivity contribution in [2.45, 2.75) is 58.7 Å². The molecule has 0 amide bonds. The van der Waals surface area contributed by atoms with E-state index in [-0.39, 0.29) is 5.56 Å². The van der Waals surface area contributed by atoms with E-state index >= 15 is 0 Å². The Morgan fingerprint density at radius 2 is 1.74 bits per heavy atom. The Kier molecular flexibility index (Phi) is 5.36. The van der Waals surface area contributed by atoms with Crippen LogP contribution in [-0.4, -0.2) is 27.2 Å². The third-order valence-electron chi connectivity index (χ3n) is 6.71. The van der Waals surface area contributed by atoms with Crippen LogP contribution >= 0.6 is 0 Å². The second-order valence-corrected chi connectivity index (χ2v) is 8.95. The van der Waals surface area contributed by atoms with Crippen LogP contribution in [0.5, 0.6) is 0 Å². The van der Waals surface area contributed by atoms with Crippen LogP contribution in [0, 0.1) is 13.8 Å². The second-order valence-electron chi connectivity index (χ2n) is 8.95. The Morgan fingerprint density at radius 3 is 2.48 bits per heavy atom. The molecule has 0 bridgehead atoms. The van der Waals surface area contributed by atoms with E-state index in [1.165, 1.54) is 31.2 Å². The van der Waals surface area contributed by atoms with Gasteiger partial charge in [0.05, 0.1) is 19.0 Å². The third-order valence-corrected chi connectivity index (χ3v) is 6.71. The molecular formula is C26H30N4O. The van der Waals surface area contributed by atoms with Crippen molar-refractivity contribution in [3.63, 3.8) is 0 Å². The van der Waals surface area contributed by atoms with Crippen molar-refractivity contribution >= 4 is 11.6 Å². The maximum atomic E-state index is 13.7. The molecule has 1 fully saturated rings. The van der Waals surface area contributed by atoms with Gasteiger partial charge < -0.3 is 0 Å². The fourth-order valence-electron chi connectivity index (χ4n) is 4.99. The average Bonchev–Trinajstić information content (AvgIpc) is 3.32. The molecular weight excluding hydrogens is 384 g/mol. The molecule has 1 saturated carbocycles. The number of benzene rings is 2. The molecule has 2 aliphatic rings. The lowest BCUT2D eigenvalue weighted by molar-refractivity contribution is 0.138. The van der Waals surface area contributed by atoms with Crippen molar-refractivity contribution in [1.29, 1.82) is 0 Å². The van der Waals surface area contributed by atoms with Crippen molar-refractivity contribution in [3.05, 3.63) is 87.3 Å². The number of hydrogen-bond donors (Lipinski definition) is 0. The SMILES string of the molecule is Cc1cccc(N2CN(C3CCCC3)Cn3c2nc(C)c(Cc2ccccc2)c3=O)c1. The molecule has 0 atom stereocenters. The Balaban J connectivity index is 1.60. The molecule has 2 heterocycles. The first-order valence-corrected chi connectivity index (χ1v) is 11.3. The highest BCUT2D eigenvalue weighted by atomic mass is 16.1. The van der Waals surface area contributed by atoms with Gasteiger partial charge in [-0.3, -0.25) is 19.2 Å². The zero-order valence-electron chi connectivity index (χ0n) is 18.4. The van der Waals surface area contributed by atoms with Gasteiger partial charge in [-0.15, -0.1) is 0 Å². The first kappa shape index (κ1) is 20.0. The summed E-state index contributed by atoms with van der Waals surface area (Å²) in [6.45, 7) is 5.48. The zero-order chi connectivity index (χ0) is 21.4. The summed E-state index contributed by atoms with van der Waals surface area (Å²) in [5.41, 5.74) is 5.16. The van der Waals surface area contributed by atoms with Crippen molar-refractivity contribution < 1.29 is 0 Å². The third kappa shape index (κ3) is 3.90. The van der Waals surface area contributed by atoms with E-state index < -0.39 is 0 Å². The van der Waals surface area contributed by atoms with Crippen LogP contribution in [0.3, 0.4) is 0 Å². The quantitative estimate of drug-likeness (QED) is 0.617. The minimum atomic E-state index is 0.0895. The number of fused-ring (bicyclic) bond motifs is 1. The van der Waals surface area contributed by atoms with Gasteiger partial charge in [0.2, 0.25) is 5.95 Å². The first-order valence-electron chi connectivity index (χ1n) is 11.3. The monoisotopic (exact) mass is 414 g/mol. The minimum Gasteiger partial charge on any atom is -0.298 e. The van der Waals surface area contributed by atoms with E-state index in [1.807, 2.05) is 29.7 Å². The van der Waals surface area contributed by atoms with Crippen molar-refractivity contribution in [2.24, 2.45) is 0 Å². The lowest BCUT2D eigenvalue weighted by atomic mass is 10.0. The lowest BCUT2D eigenvalue weighted by Crippen LogP contribution is -2.51. The molecule has 160 valence electrons. The Labute approximate surface area is 184 Å². The van der Waals surface area contributed by atoms with Crippen LogP contribution in [0.4, 0.5) is 11.6 Å². The van der Waals surface area contributed by atoms with Crippen LogP contribution in [-0.2, 0) is 13.1 Å². The largest absolute Gasteiger partial charge is 0.298 e. The van der Waals surface area contributed by atoms with Gasteiger partial charge in [0.25, 0.3) is 5.56 Å². The minimum absolute atomic E-state index is 0.0895. The van der Waals surface area contributed by atoms with Crippen LogP contribution in [0.15, 0.2) is 59.4 Å². The summed E-state index contributed by atoms with van der Waals surface area (Å²) in [6, 6.07) is 19.2. The molecule has 5 nitrogen and oxygen atoms in total. The maximum Gasteiger partial charge on any atom is 0.259 e. The van der Waals surface area contributed by atoms with E-state index in [0.717, 1.165) is 35.1 Å². The van der Waals surface area contributed by atoms with Crippen LogP contribution in [0.25, 0.3) is 0 Å². The molecule has 3 aromatic rings.